The van der Waals surface area contributed by atoms with E-state index in [-0.39, 0.29) is 11.8 Å². The Morgan fingerprint density at radius 2 is 1.47 bits per heavy atom. The van der Waals surface area contributed by atoms with Crippen molar-refractivity contribution in [3.8, 4) is 0 Å². The zero-order valence-corrected chi connectivity index (χ0v) is 19.0. The number of benzene rings is 2. The number of nitrogens with zero attached hydrogens (tertiary/aromatic N) is 2. The van der Waals surface area contributed by atoms with Gasteiger partial charge in [0.05, 0.1) is 11.8 Å². The highest BCUT2D eigenvalue weighted by Crippen LogP contribution is 2.14. The van der Waals surface area contributed by atoms with Gasteiger partial charge in [-0.1, -0.05) is 67.6 Å². The second-order valence-corrected chi connectivity index (χ2v) is 7.97. The van der Waals surface area contributed by atoms with Gasteiger partial charge in [0.2, 0.25) is 5.91 Å². The predicted molar refractivity (Wildman–Crippen MR) is 126 cm³/mol. The molecular formula is C27H32N2O3. The van der Waals surface area contributed by atoms with E-state index < -0.39 is 0 Å². The zero-order chi connectivity index (χ0) is 22.8. The molecule has 32 heavy (non-hydrogen) atoms. The van der Waals surface area contributed by atoms with Crippen LogP contribution in [0.5, 0.6) is 0 Å². The molecule has 3 aromatic rings. The molecular weight excluding hydrogens is 400 g/mol. The van der Waals surface area contributed by atoms with Crippen LogP contribution in [0.4, 0.5) is 0 Å². The average Bonchev–Trinajstić information content (AvgIpc) is 3.25. The molecule has 0 radical (unpaired) electrons. The van der Waals surface area contributed by atoms with Gasteiger partial charge in [0.15, 0.2) is 0 Å². The van der Waals surface area contributed by atoms with E-state index in [2.05, 4.69) is 12.1 Å². The van der Waals surface area contributed by atoms with Gasteiger partial charge in [-0.15, -0.1) is 0 Å². The largest absolute Gasteiger partial charge is 0.469 e. The molecule has 0 aliphatic rings. The summed E-state index contributed by atoms with van der Waals surface area (Å²) in [6, 6.07) is 21.9. The van der Waals surface area contributed by atoms with Gasteiger partial charge in [-0.2, -0.15) is 0 Å². The summed E-state index contributed by atoms with van der Waals surface area (Å²) in [6.45, 7) is 6.03. The minimum atomic E-state index is -0.0789. The summed E-state index contributed by atoms with van der Waals surface area (Å²) in [5.74, 6) is 0.586. The van der Waals surface area contributed by atoms with E-state index in [1.807, 2.05) is 60.4 Å². The van der Waals surface area contributed by atoms with E-state index in [9.17, 15) is 9.59 Å². The van der Waals surface area contributed by atoms with Crippen molar-refractivity contribution in [1.29, 1.82) is 0 Å². The Labute approximate surface area is 190 Å². The molecule has 2 amide bonds. The molecule has 0 N–H and O–H groups in total. The Morgan fingerprint density at radius 1 is 0.812 bits per heavy atom. The lowest BCUT2D eigenvalue weighted by Gasteiger charge is -2.26. The summed E-state index contributed by atoms with van der Waals surface area (Å²) in [4.78, 5) is 29.8. The molecule has 0 bridgehead atoms. The van der Waals surface area contributed by atoms with Gasteiger partial charge in [0.25, 0.3) is 5.91 Å². The highest BCUT2D eigenvalue weighted by Gasteiger charge is 2.21. The highest BCUT2D eigenvalue weighted by atomic mass is 16.3. The van der Waals surface area contributed by atoms with Crippen molar-refractivity contribution >= 4 is 11.8 Å². The summed E-state index contributed by atoms with van der Waals surface area (Å²) in [7, 11) is 0. The third-order valence-corrected chi connectivity index (χ3v) is 5.55. The molecule has 1 heterocycles. The lowest BCUT2D eigenvalue weighted by atomic mass is 10.1. The molecule has 0 fully saturated rings. The Bertz CT molecular complexity index is 982. The number of aryl methyl sites for hydroxylation is 1. The molecule has 5 heteroatoms. The fraction of sp³-hybridized carbons (Fsp3) is 0.333. The van der Waals surface area contributed by atoms with Gasteiger partial charge in [-0.25, -0.2) is 0 Å². The first-order valence-corrected chi connectivity index (χ1v) is 11.3. The van der Waals surface area contributed by atoms with Crippen molar-refractivity contribution in [2.45, 2.75) is 39.7 Å². The molecule has 168 valence electrons. The van der Waals surface area contributed by atoms with E-state index in [0.29, 0.717) is 43.9 Å². The van der Waals surface area contributed by atoms with Gasteiger partial charge < -0.3 is 14.2 Å². The number of rotatable bonds is 11. The number of carbonyl (C=O) groups excluding carboxylic acids is 2. The molecule has 0 saturated heterocycles. The van der Waals surface area contributed by atoms with E-state index in [1.54, 1.807) is 17.9 Å². The number of furan rings is 1. The van der Waals surface area contributed by atoms with Crippen LogP contribution in [0.15, 0.2) is 77.4 Å². The minimum absolute atomic E-state index is 0.0580. The molecule has 0 aliphatic carbocycles. The summed E-state index contributed by atoms with van der Waals surface area (Å²) < 4.78 is 5.30. The fourth-order valence-electron chi connectivity index (χ4n) is 3.76. The summed E-state index contributed by atoms with van der Waals surface area (Å²) in [6.07, 6.45) is 3.46. The first kappa shape index (κ1) is 23.3. The van der Waals surface area contributed by atoms with E-state index >= 15 is 0 Å². The van der Waals surface area contributed by atoms with Gasteiger partial charge in [0, 0.05) is 32.6 Å². The lowest BCUT2D eigenvalue weighted by Crippen LogP contribution is -2.38. The van der Waals surface area contributed by atoms with Crippen LogP contribution in [0.3, 0.4) is 0 Å². The highest BCUT2D eigenvalue weighted by molar-refractivity contribution is 5.95. The molecule has 0 atom stereocenters. The van der Waals surface area contributed by atoms with Crippen LogP contribution < -0.4 is 0 Å². The first-order valence-electron chi connectivity index (χ1n) is 11.3. The quantitative estimate of drug-likeness (QED) is 0.423. The van der Waals surface area contributed by atoms with E-state index in [1.165, 1.54) is 11.8 Å². The molecule has 1 aromatic heterocycles. The topological polar surface area (TPSA) is 53.8 Å². The Kier molecular flexibility index (Phi) is 8.67. The van der Waals surface area contributed by atoms with Crippen molar-refractivity contribution < 1.29 is 14.0 Å². The van der Waals surface area contributed by atoms with Crippen LogP contribution in [0.25, 0.3) is 0 Å². The maximum atomic E-state index is 13.2. The standard InChI is InChI=1S/C27H32N2O3/c1-3-17-28(27(31)25-16-20-32-22(25)2)19-15-26(30)29(21-24-12-8-5-9-13-24)18-14-23-10-6-4-7-11-23/h4-13,16,20H,3,14-15,17-19,21H2,1-2H3. The molecule has 0 saturated carbocycles. The van der Waals surface area contributed by atoms with E-state index in [0.717, 1.165) is 18.4 Å². The molecule has 0 unspecified atom stereocenters. The van der Waals surface area contributed by atoms with Crippen LogP contribution in [0.1, 0.15) is 47.0 Å². The van der Waals surface area contributed by atoms with Crippen molar-refractivity contribution in [3.05, 3.63) is 95.4 Å². The first-order chi connectivity index (χ1) is 15.6. The SMILES string of the molecule is CCCN(CCC(=O)N(CCc1ccccc1)Cc1ccccc1)C(=O)c1ccoc1C. The summed E-state index contributed by atoms with van der Waals surface area (Å²) in [5, 5.41) is 0. The van der Waals surface area contributed by atoms with Crippen molar-refractivity contribution in [2.24, 2.45) is 0 Å². The molecule has 3 rings (SSSR count). The van der Waals surface area contributed by atoms with Crippen LogP contribution in [-0.2, 0) is 17.8 Å². The van der Waals surface area contributed by atoms with Crippen molar-refractivity contribution in [2.75, 3.05) is 19.6 Å². The third kappa shape index (κ3) is 6.58. The zero-order valence-electron chi connectivity index (χ0n) is 19.0. The molecule has 0 spiro atoms. The summed E-state index contributed by atoms with van der Waals surface area (Å²) in [5.41, 5.74) is 2.87. The summed E-state index contributed by atoms with van der Waals surface area (Å²) >= 11 is 0. The molecule has 2 aromatic carbocycles. The van der Waals surface area contributed by atoms with Crippen LogP contribution in [0.2, 0.25) is 0 Å². The van der Waals surface area contributed by atoms with Crippen LogP contribution >= 0.6 is 0 Å². The monoisotopic (exact) mass is 432 g/mol. The van der Waals surface area contributed by atoms with Gasteiger partial charge in [-0.3, -0.25) is 9.59 Å². The maximum Gasteiger partial charge on any atom is 0.257 e. The van der Waals surface area contributed by atoms with Crippen LogP contribution in [-0.4, -0.2) is 41.2 Å². The second kappa shape index (κ2) is 11.9. The number of amides is 2. The van der Waals surface area contributed by atoms with E-state index in [4.69, 9.17) is 4.42 Å². The second-order valence-electron chi connectivity index (χ2n) is 7.97. The smallest absolute Gasteiger partial charge is 0.257 e. The molecule has 5 nitrogen and oxygen atoms in total. The van der Waals surface area contributed by atoms with Crippen molar-refractivity contribution in [1.82, 2.24) is 9.80 Å². The Hall–Kier alpha value is -3.34. The number of hydrogen-bond donors (Lipinski definition) is 0. The van der Waals surface area contributed by atoms with Gasteiger partial charge in [-0.05, 0) is 37.0 Å². The lowest BCUT2D eigenvalue weighted by molar-refractivity contribution is -0.132. The average molecular weight is 433 g/mol. The Morgan fingerprint density at radius 3 is 2.06 bits per heavy atom. The van der Waals surface area contributed by atoms with Crippen molar-refractivity contribution in [3.63, 3.8) is 0 Å². The third-order valence-electron chi connectivity index (χ3n) is 5.55. The predicted octanol–water partition coefficient (Wildman–Crippen LogP) is 5.10. The maximum absolute atomic E-state index is 13.2. The van der Waals surface area contributed by atoms with Gasteiger partial charge in [0.1, 0.15) is 5.76 Å². The van der Waals surface area contributed by atoms with Gasteiger partial charge >= 0.3 is 0 Å². The fourth-order valence-corrected chi connectivity index (χ4v) is 3.76. The molecule has 0 aliphatic heterocycles. The Balaban J connectivity index is 1.66. The normalized spacial score (nSPS) is 10.7. The van der Waals surface area contributed by atoms with Crippen LogP contribution in [0, 0.1) is 6.92 Å². The number of hydrogen-bond acceptors (Lipinski definition) is 3. The number of carbonyl (C=O) groups is 2. The minimum Gasteiger partial charge on any atom is -0.469 e.